The molecule has 0 aliphatic heterocycles. The average molecular weight is 304 g/mol. The molecule has 0 saturated carbocycles. The van der Waals surface area contributed by atoms with E-state index in [-0.39, 0.29) is 18.4 Å². The number of hydrogen-bond acceptors (Lipinski definition) is 4. The van der Waals surface area contributed by atoms with Crippen molar-refractivity contribution in [3.63, 3.8) is 0 Å². The summed E-state index contributed by atoms with van der Waals surface area (Å²) < 4.78 is 10.8. The molecule has 1 N–H and O–H groups in total. The average Bonchev–Trinajstić information content (AvgIpc) is 2.81. The molecule has 2 rings (SSSR count). The van der Waals surface area contributed by atoms with Crippen LogP contribution in [0.3, 0.4) is 0 Å². The van der Waals surface area contributed by atoms with Crippen LogP contribution in [0.15, 0.2) is 16.7 Å². The molecular weight excluding hydrogens is 280 g/mol. The van der Waals surface area contributed by atoms with E-state index in [1.807, 2.05) is 39.8 Å². The lowest BCUT2D eigenvalue weighted by Gasteiger charge is -2.07. The van der Waals surface area contributed by atoms with Crippen LogP contribution in [0.1, 0.15) is 37.1 Å². The number of nitrogens with zero attached hydrogens (tertiary/aromatic N) is 1. The van der Waals surface area contributed by atoms with Gasteiger partial charge in [0, 0.05) is 18.5 Å². The van der Waals surface area contributed by atoms with E-state index in [4.69, 9.17) is 9.26 Å². The number of fused-ring (bicyclic) bond motifs is 1. The van der Waals surface area contributed by atoms with E-state index in [1.165, 1.54) is 0 Å². The van der Waals surface area contributed by atoms with E-state index >= 15 is 0 Å². The zero-order valence-corrected chi connectivity index (χ0v) is 13.7. The highest BCUT2D eigenvalue weighted by Gasteiger charge is 2.14. The molecule has 2 aromatic rings. The lowest BCUT2D eigenvalue weighted by molar-refractivity contribution is -0.120. The number of amides is 1. The number of carbonyl (C=O) groups excluding carboxylic acids is 1. The number of aromatic nitrogens is 1. The van der Waals surface area contributed by atoms with Gasteiger partial charge in [0.2, 0.25) is 5.91 Å². The van der Waals surface area contributed by atoms with Crippen molar-refractivity contribution in [1.82, 2.24) is 10.5 Å². The quantitative estimate of drug-likeness (QED) is 0.799. The highest BCUT2D eigenvalue weighted by molar-refractivity contribution is 5.88. The van der Waals surface area contributed by atoms with E-state index in [0.29, 0.717) is 18.8 Å². The van der Waals surface area contributed by atoms with Crippen LogP contribution < -0.4 is 5.32 Å². The minimum absolute atomic E-state index is 0.0427. The Kier molecular flexibility index (Phi) is 5.55. The fourth-order valence-electron chi connectivity index (χ4n) is 2.40. The highest BCUT2D eigenvalue weighted by Crippen LogP contribution is 2.23. The molecule has 120 valence electrons. The molecule has 1 aromatic carbocycles. The maximum atomic E-state index is 12.0. The summed E-state index contributed by atoms with van der Waals surface area (Å²) >= 11 is 0. The maximum Gasteiger partial charge on any atom is 0.226 e. The molecule has 1 amide bonds. The summed E-state index contributed by atoms with van der Waals surface area (Å²) in [5.74, 6) is -0.0427. The summed E-state index contributed by atoms with van der Waals surface area (Å²) in [5, 5.41) is 7.86. The van der Waals surface area contributed by atoms with Crippen LogP contribution in [0.4, 0.5) is 0 Å². The van der Waals surface area contributed by atoms with Crippen LogP contribution in [0.5, 0.6) is 0 Å². The van der Waals surface area contributed by atoms with Crippen molar-refractivity contribution in [2.24, 2.45) is 0 Å². The highest BCUT2D eigenvalue weighted by atomic mass is 16.5. The Morgan fingerprint density at radius 2 is 2.14 bits per heavy atom. The molecule has 0 radical (unpaired) electrons. The van der Waals surface area contributed by atoms with Gasteiger partial charge in [-0.3, -0.25) is 4.79 Å². The molecule has 0 atom stereocenters. The summed E-state index contributed by atoms with van der Waals surface area (Å²) in [7, 11) is 0. The van der Waals surface area contributed by atoms with Gasteiger partial charge in [0.25, 0.3) is 0 Å². The first-order chi connectivity index (χ1) is 10.5. The summed E-state index contributed by atoms with van der Waals surface area (Å²) in [6.07, 6.45) is 1.27. The third-order valence-corrected chi connectivity index (χ3v) is 3.40. The first kappa shape index (κ1) is 16.5. The molecule has 1 aromatic heterocycles. The third kappa shape index (κ3) is 4.31. The Hall–Kier alpha value is -1.88. The second-order valence-corrected chi connectivity index (χ2v) is 5.89. The minimum Gasteiger partial charge on any atom is -0.379 e. The summed E-state index contributed by atoms with van der Waals surface area (Å²) in [6.45, 7) is 9.27. The topological polar surface area (TPSA) is 64.4 Å². The fraction of sp³-hybridized carbons (Fsp3) is 0.529. The molecule has 0 aliphatic carbocycles. The van der Waals surface area contributed by atoms with Crippen molar-refractivity contribution >= 4 is 16.9 Å². The van der Waals surface area contributed by atoms with Crippen LogP contribution in [0.25, 0.3) is 11.0 Å². The third-order valence-electron chi connectivity index (χ3n) is 3.40. The standard InChI is InChI=1S/C17H24N2O3/c1-11(2)21-7-5-6-18-16(20)10-15-14-9-12(3)8-13(4)17(14)22-19-15/h8-9,11H,5-7,10H2,1-4H3,(H,18,20). The molecular formula is C17H24N2O3. The van der Waals surface area contributed by atoms with Gasteiger partial charge in [0.1, 0.15) is 5.69 Å². The summed E-state index contributed by atoms with van der Waals surface area (Å²) in [6, 6.07) is 4.06. The van der Waals surface area contributed by atoms with Crippen molar-refractivity contribution in [2.75, 3.05) is 13.2 Å². The van der Waals surface area contributed by atoms with Crippen molar-refractivity contribution in [2.45, 2.75) is 46.6 Å². The Morgan fingerprint density at radius 1 is 1.36 bits per heavy atom. The van der Waals surface area contributed by atoms with Gasteiger partial charge >= 0.3 is 0 Å². The molecule has 0 aliphatic rings. The second-order valence-electron chi connectivity index (χ2n) is 5.89. The molecule has 0 bridgehead atoms. The van der Waals surface area contributed by atoms with Gasteiger partial charge in [-0.25, -0.2) is 0 Å². The Bertz CT molecular complexity index is 647. The van der Waals surface area contributed by atoms with E-state index < -0.39 is 0 Å². The predicted octanol–water partition coefficient (Wildman–Crippen LogP) is 2.92. The van der Waals surface area contributed by atoms with Gasteiger partial charge in [-0.05, 0) is 51.3 Å². The molecule has 5 heteroatoms. The number of hydrogen-bond donors (Lipinski definition) is 1. The normalized spacial score (nSPS) is 11.3. The van der Waals surface area contributed by atoms with Crippen LogP contribution in [0.2, 0.25) is 0 Å². The molecule has 0 saturated heterocycles. The minimum atomic E-state index is -0.0427. The van der Waals surface area contributed by atoms with Gasteiger partial charge in [0.15, 0.2) is 5.58 Å². The lowest BCUT2D eigenvalue weighted by Crippen LogP contribution is -2.27. The molecule has 5 nitrogen and oxygen atoms in total. The Labute approximate surface area is 131 Å². The van der Waals surface area contributed by atoms with E-state index in [9.17, 15) is 4.79 Å². The number of nitrogens with one attached hydrogen (secondary N) is 1. The van der Waals surface area contributed by atoms with Crippen molar-refractivity contribution in [1.29, 1.82) is 0 Å². The predicted molar refractivity (Wildman–Crippen MR) is 85.9 cm³/mol. The van der Waals surface area contributed by atoms with Gasteiger partial charge in [-0.15, -0.1) is 0 Å². The van der Waals surface area contributed by atoms with Gasteiger partial charge in [0.05, 0.1) is 12.5 Å². The largest absolute Gasteiger partial charge is 0.379 e. The van der Waals surface area contributed by atoms with Gasteiger partial charge in [-0.1, -0.05) is 11.2 Å². The molecule has 1 heterocycles. The molecule has 0 fully saturated rings. The maximum absolute atomic E-state index is 12.0. The van der Waals surface area contributed by atoms with Crippen molar-refractivity contribution < 1.29 is 14.1 Å². The van der Waals surface area contributed by atoms with E-state index in [0.717, 1.165) is 28.5 Å². The van der Waals surface area contributed by atoms with Crippen LogP contribution in [0, 0.1) is 13.8 Å². The molecule has 22 heavy (non-hydrogen) atoms. The second kappa shape index (κ2) is 7.40. The molecule has 0 spiro atoms. The fourth-order valence-corrected chi connectivity index (χ4v) is 2.40. The number of ether oxygens (including phenoxy) is 1. The number of carbonyl (C=O) groups is 1. The first-order valence-corrected chi connectivity index (χ1v) is 7.71. The van der Waals surface area contributed by atoms with Crippen molar-refractivity contribution in [3.05, 3.63) is 29.0 Å². The van der Waals surface area contributed by atoms with Gasteiger partial charge in [-0.2, -0.15) is 0 Å². The molecule has 0 unspecified atom stereocenters. The van der Waals surface area contributed by atoms with Crippen LogP contribution >= 0.6 is 0 Å². The monoisotopic (exact) mass is 304 g/mol. The van der Waals surface area contributed by atoms with Gasteiger partial charge < -0.3 is 14.6 Å². The summed E-state index contributed by atoms with van der Waals surface area (Å²) in [4.78, 5) is 12.0. The Morgan fingerprint density at radius 3 is 2.86 bits per heavy atom. The SMILES string of the molecule is Cc1cc(C)c2onc(CC(=O)NCCCOC(C)C)c2c1. The smallest absolute Gasteiger partial charge is 0.226 e. The van der Waals surface area contributed by atoms with Crippen LogP contribution in [-0.2, 0) is 16.0 Å². The Balaban J connectivity index is 1.89. The van der Waals surface area contributed by atoms with E-state index in [1.54, 1.807) is 0 Å². The zero-order valence-electron chi connectivity index (χ0n) is 13.7. The number of aryl methyl sites for hydroxylation is 2. The number of benzene rings is 1. The van der Waals surface area contributed by atoms with Crippen LogP contribution in [-0.4, -0.2) is 30.3 Å². The zero-order chi connectivity index (χ0) is 16.1. The lowest BCUT2D eigenvalue weighted by atomic mass is 10.1. The van der Waals surface area contributed by atoms with Crippen molar-refractivity contribution in [3.8, 4) is 0 Å². The number of rotatable bonds is 7. The summed E-state index contributed by atoms with van der Waals surface area (Å²) in [5.41, 5.74) is 3.64. The van der Waals surface area contributed by atoms with E-state index in [2.05, 4.69) is 10.5 Å². The first-order valence-electron chi connectivity index (χ1n) is 7.71.